The quantitative estimate of drug-likeness (QED) is 0.698. The first-order valence-electron chi connectivity index (χ1n) is 7.86. The number of halogens is 1. The fourth-order valence-electron chi connectivity index (χ4n) is 3.25. The smallest absolute Gasteiger partial charge is 0.228 e. The molecule has 0 unspecified atom stereocenters. The molecule has 0 aromatic heterocycles. The van der Waals surface area contributed by atoms with E-state index in [1.807, 2.05) is 0 Å². The largest absolute Gasteiger partial charge is 0.384 e. The van der Waals surface area contributed by atoms with Crippen molar-refractivity contribution in [3.8, 4) is 0 Å². The molecule has 0 spiro atoms. The van der Waals surface area contributed by atoms with Crippen LogP contribution in [-0.4, -0.2) is 52.0 Å². The molecule has 5 nitrogen and oxygen atoms in total. The molecule has 6 heteroatoms. The molecule has 0 aromatic carbocycles. The number of piperidine rings is 1. The second-order valence-electron chi connectivity index (χ2n) is 6.00. The van der Waals surface area contributed by atoms with Crippen LogP contribution >= 0.6 is 12.4 Å². The predicted octanol–water partition coefficient (Wildman–Crippen LogP) is 1.50. The van der Waals surface area contributed by atoms with Gasteiger partial charge in [-0.15, -0.1) is 12.4 Å². The second kappa shape index (κ2) is 9.62. The van der Waals surface area contributed by atoms with Crippen LogP contribution in [0, 0.1) is 5.41 Å². The highest BCUT2D eigenvalue weighted by Crippen LogP contribution is 2.29. The van der Waals surface area contributed by atoms with Crippen molar-refractivity contribution in [2.45, 2.75) is 44.6 Å². The molecule has 1 saturated heterocycles. The number of carbonyl (C=O) groups is 1. The maximum atomic E-state index is 12.4. The minimum absolute atomic E-state index is 0. The van der Waals surface area contributed by atoms with Gasteiger partial charge in [0.15, 0.2) is 0 Å². The van der Waals surface area contributed by atoms with Gasteiger partial charge >= 0.3 is 0 Å². The molecule has 1 saturated carbocycles. The maximum absolute atomic E-state index is 12.4. The summed E-state index contributed by atoms with van der Waals surface area (Å²) < 4.78 is 11.0. The zero-order valence-corrected chi connectivity index (χ0v) is 13.8. The Morgan fingerprint density at radius 2 is 1.95 bits per heavy atom. The van der Waals surface area contributed by atoms with Gasteiger partial charge in [-0.2, -0.15) is 0 Å². The van der Waals surface area contributed by atoms with E-state index in [9.17, 15) is 4.79 Å². The summed E-state index contributed by atoms with van der Waals surface area (Å²) in [6.07, 6.45) is 7.01. The van der Waals surface area contributed by atoms with E-state index in [4.69, 9.17) is 9.47 Å². The molecule has 21 heavy (non-hydrogen) atoms. The Bertz CT molecular complexity index is 298. The summed E-state index contributed by atoms with van der Waals surface area (Å²) in [6, 6.07) is 0. The highest BCUT2D eigenvalue weighted by molar-refractivity contribution is 5.85. The summed E-state index contributed by atoms with van der Waals surface area (Å²) in [7, 11) is 1.67. The van der Waals surface area contributed by atoms with E-state index in [0.717, 1.165) is 25.9 Å². The number of rotatable bonds is 7. The van der Waals surface area contributed by atoms with Gasteiger partial charge in [0.05, 0.1) is 24.7 Å². The van der Waals surface area contributed by atoms with Crippen LogP contribution in [0.5, 0.6) is 0 Å². The van der Waals surface area contributed by atoms with Gasteiger partial charge in [-0.25, -0.2) is 0 Å². The minimum atomic E-state index is -0.354. The van der Waals surface area contributed by atoms with Crippen LogP contribution in [0.25, 0.3) is 0 Å². The molecule has 2 aliphatic rings. The van der Waals surface area contributed by atoms with Crippen LogP contribution in [0.4, 0.5) is 0 Å². The van der Waals surface area contributed by atoms with E-state index in [2.05, 4.69) is 10.6 Å². The van der Waals surface area contributed by atoms with E-state index in [-0.39, 0.29) is 23.7 Å². The molecule has 124 valence electrons. The number of hydrogen-bond donors (Lipinski definition) is 2. The molecule has 1 heterocycles. The van der Waals surface area contributed by atoms with E-state index in [0.29, 0.717) is 25.9 Å². The summed E-state index contributed by atoms with van der Waals surface area (Å²) in [4.78, 5) is 12.4. The fourth-order valence-corrected chi connectivity index (χ4v) is 3.25. The molecule has 1 aliphatic carbocycles. The summed E-state index contributed by atoms with van der Waals surface area (Å²) in [5.74, 6) is 0.121. The average Bonchev–Trinajstić information content (AvgIpc) is 2.98. The summed E-state index contributed by atoms with van der Waals surface area (Å²) in [5, 5.41) is 6.33. The van der Waals surface area contributed by atoms with Gasteiger partial charge in [-0.1, -0.05) is 12.8 Å². The van der Waals surface area contributed by atoms with Gasteiger partial charge in [0.1, 0.15) is 0 Å². The number of methoxy groups -OCH3 is 1. The van der Waals surface area contributed by atoms with E-state index in [1.165, 1.54) is 25.7 Å². The lowest BCUT2D eigenvalue weighted by Gasteiger charge is -2.35. The first-order valence-corrected chi connectivity index (χ1v) is 7.86. The highest BCUT2D eigenvalue weighted by Gasteiger charge is 2.39. The Hall–Kier alpha value is -0.360. The standard InChI is InChI=1S/C15H28N2O3.ClH/c1-19-12-15(6-8-16-9-7-15)14(18)17-10-11-20-13-4-2-3-5-13;/h13,16H,2-12H2,1H3,(H,17,18);1H. The lowest BCUT2D eigenvalue weighted by Crippen LogP contribution is -2.50. The number of hydrogen-bond acceptors (Lipinski definition) is 4. The predicted molar refractivity (Wildman–Crippen MR) is 84.9 cm³/mol. The van der Waals surface area contributed by atoms with Crippen LogP contribution in [0.3, 0.4) is 0 Å². The van der Waals surface area contributed by atoms with Crippen LogP contribution in [0.1, 0.15) is 38.5 Å². The van der Waals surface area contributed by atoms with Crippen molar-refractivity contribution in [1.82, 2.24) is 10.6 Å². The zero-order chi connectivity index (χ0) is 14.3. The third kappa shape index (κ3) is 5.40. The first kappa shape index (κ1) is 18.7. The maximum Gasteiger partial charge on any atom is 0.228 e. The van der Waals surface area contributed by atoms with Crippen molar-refractivity contribution in [3.05, 3.63) is 0 Å². The van der Waals surface area contributed by atoms with Gasteiger partial charge in [0.25, 0.3) is 0 Å². The Morgan fingerprint density at radius 1 is 1.29 bits per heavy atom. The van der Waals surface area contributed by atoms with Crippen LogP contribution < -0.4 is 10.6 Å². The average molecular weight is 321 g/mol. The molecule has 2 fully saturated rings. The van der Waals surface area contributed by atoms with Crippen molar-refractivity contribution in [1.29, 1.82) is 0 Å². The number of amides is 1. The van der Waals surface area contributed by atoms with Crippen LogP contribution in [0.15, 0.2) is 0 Å². The van der Waals surface area contributed by atoms with Crippen molar-refractivity contribution in [3.63, 3.8) is 0 Å². The highest BCUT2D eigenvalue weighted by atomic mass is 35.5. The van der Waals surface area contributed by atoms with Gasteiger partial charge in [0, 0.05) is 13.7 Å². The Balaban J connectivity index is 0.00000220. The van der Waals surface area contributed by atoms with Gasteiger partial charge < -0.3 is 20.1 Å². The van der Waals surface area contributed by atoms with Gasteiger partial charge in [0.2, 0.25) is 5.91 Å². The molecule has 1 aliphatic heterocycles. The van der Waals surface area contributed by atoms with Crippen LogP contribution in [0.2, 0.25) is 0 Å². The number of nitrogens with one attached hydrogen (secondary N) is 2. The molecule has 0 aromatic rings. The first-order chi connectivity index (χ1) is 9.77. The molecular formula is C15H29ClN2O3. The molecule has 2 N–H and O–H groups in total. The van der Waals surface area contributed by atoms with E-state index in [1.54, 1.807) is 7.11 Å². The molecule has 0 bridgehead atoms. The summed E-state index contributed by atoms with van der Waals surface area (Å²) in [6.45, 7) is 3.50. The van der Waals surface area contributed by atoms with Crippen LogP contribution in [-0.2, 0) is 14.3 Å². The zero-order valence-electron chi connectivity index (χ0n) is 13.0. The van der Waals surface area contributed by atoms with Crippen molar-refractivity contribution < 1.29 is 14.3 Å². The minimum Gasteiger partial charge on any atom is -0.384 e. The van der Waals surface area contributed by atoms with Crippen molar-refractivity contribution in [2.24, 2.45) is 5.41 Å². The Morgan fingerprint density at radius 3 is 2.57 bits per heavy atom. The molecular weight excluding hydrogens is 292 g/mol. The second-order valence-corrected chi connectivity index (χ2v) is 6.00. The SMILES string of the molecule is COCC1(C(=O)NCCOC2CCCC2)CCNCC1.Cl. The molecule has 2 rings (SSSR count). The van der Waals surface area contributed by atoms with Crippen molar-refractivity contribution >= 4 is 18.3 Å². The number of carbonyl (C=O) groups excluding carboxylic acids is 1. The lowest BCUT2D eigenvalue weighted by molar-refractivity contribution is -0.136. The van der Waals surface area contributed by atoms with Gasteiger partial charge in [-0.05, 0) is 38.8 Å². The third-order valence-electron chi connectivity index (χ3n) is 4.51. The van der Waals surface area contributed by atoms with E-state index >= 15 is 0 Å². The molecule has 1 amide bonds. The lowest BCUT2D eigenvalue weighted by atomic mass is 9.78. The molecule has 0 atom stereocenters. The third-order valence-corrected chi connectivity index (χ3v) is 4.51. The van der Waals surface area contributed by atoms with Crippen molar-refractivity contribution in [2.75, 3.05) is 40.0 Å². The topological polar surface area (TPSA) is 59.6 Å². The monoisotopic (exact) mass is 320 g/mol. The molecule has 0 radical (unpaired) electrons. The summed E-state index contributed by atoms with van der Waals surface area (Å²) in [5.41, 5.74) is -0.354. The Labute approximate surface area is 133 Å². The summed E-state index contributed by atoms with van der Waals surface area (Å²) >= 11 is 0. The number of ether oxygens (including phenoxy) is 2. The fraction of sp³-hybridized carbons (Fsp3) is 0.933. The van der Waals surface area contributed by atoms with Gasteiger partial charge in [-0.3, -0.25) is 4.79 Å². The normalized spacial score (nSPS) is 21.8. The van der Waals surface area contributed by atoms with E-state index < -0.39 is 0 Å². The Kier molecular flexibility index (Phi) is 8.56.